The second-order valence-electron chi connectivity index (χ2n) is 5.19. The van der Waals surface area contributed by atoms with Gasteiger partial charge in [0, 0.05) is 5.54 Å². The highest BCUT2D eigenvalue weighted by atomic mass is 32.2. The molecule has 0 saturated heterocycles. The van der Waals surface area contributed by atoms with E-state index in [0.717, 1.165) is 24.6 Å². The molecule has 0 atom stereocenters. The quantitative estimate of drug-likeness (QED) is 0.845. The molecular weight excluding hydrogens is 285 g/mol. The zero-order chi connectivity index (χ0) is 15.6. The van der Waals surface area contributed by atoms with Gasteiger partial charge in [-0.2, -0.15) is 0 Å². The molecule has 2 N–H and O–H groups in total. The lowest BCUT2D eigenvalue weighted by molar-refractivity contribution is 0.0691. The van der Waals surface area contributed by atoms with Crippen molar-refractivity contribution in [3.8, 4) is 0 Å². The molecule has 1 rings (SSSR count). The van der Waals surface area contributed by atoms with Crippen LogP contribution in [0.2, 0.25) is 0 Å². The van der Waals surface area contributed by atoms with Crippen LogP contribution < -0.4 is 4.72 Å². The minimum atomic E-state index is -3.89. The van der Waals surface area contributed by atoms with E-state index in [1.165, 1.54) is 0 Å². The number of sulfonamides is 1. The SMILES string of the molecule is CCCC(C)(C)NS(=O)(=O)c1ccc(F)c(C(=O)O)c1. The summed E-state index contributed by atoms with van der Waals surface area (Å²) in [6, 6.07) is 2.71. The minimum absolute atomic E-state index is 0.263. The summed E-state index contributed by atoms with van der Waals surface area (Å²) in [5.74, 6) is -2.48. The van der Waals surface area contributed by atoms with E-state index in [2.05, 4.69) is 4.72 Å². The third kappa shape index (κ3) is 4.01. The lowest BCUT2D eigenvalue weighted by atomic mass is 10.0. The van der Waals surface area contributed by atoms with Crippen LogP contribution in [0.5, 0.6) is 0 Å². The summed E-state index contributed by atoms with van der Waals surface area (Å²) in [4.78, 5) is 10.6. The number of carboxylic acid groups (broad SMARTS) is 1. The van der Waals surface area contributed by atoms with Crippen molar-refractivity contribution in [2.45, 2.75) is 44.0 Å². The highest BCUT2D eigenvalue weighted by Gasteiger charge is 2.26. The number of rotatable bonds is 6. The van der Waals surface area contributed by atoms with E-state index in [9.17, 15) is 17.6 Å². The maximum Gasteiger partial charge on any atom is 0.338 e. The molecule has 20 heavy (non-hydrogen) atoms. The van der Waals surface area contributed by atoms with Crippen LogP contribution in [0.3, 0.4) is 0 Å². The predicted octanol–water partition coefficient (Wildman–Crippen LogP) is 2.38. The van der Waals surface area contributed by atoms with Crippen molar-refractivity contribution in [2.75, 3.05) is 0 Å². The fraction of sp³-hybridized carbons (Fsp3) is 0.462. The van der Waals surface area contributed by atoms with Crippen LogP contribution >= 0.6 is 0 Å². The molecule has 0 unspecified atom stereocenters. The topological polar surface area (TPSA) is 83.5 Å². The van der Waals surface area contributed by atoms with Crippen molar-refractivity contribution in [2.24, 2.45) is 0 Å². The Morgan fingerprint density at radius 2 is 2.00 bits per heavy atom. The predicted molar refractivity (Wildman–Crippen MR) is 72.7 cm³/mol. The van der Waals surface area contributed by atoms with Crippen molar-refractivity contribution in [1.29, 1.82) is 0 Å². The third-order valence-electron chi connectivity index (χ3n) is 2.76. The normalized spacial score (nSPS) is 12.4. The largest absolute Gasteiger partial charge is 0.478 e. The van der Waals surface area contributed by atoms with Crippen LogP contribution in [0.15, 0.2) is 23.1 Å². The molecule has 0 spiro atoms. The van der Waals surface area contributed by atoms with Crippen LogP contribution in [-0.2, 0) is 10.0 Å². The van der Waals surface area contributed by atoms with Crippen molar-refractivity contribution in [3.63, 3.8) is 0 Å². The molecule has 0 saturated carbocycles. The first-order valence-corrected chi connectivity index (χ1v) is 7.64. The Labute approximate surface area is 117 Å². The van der Waals surface area contributed by atoms with Gasteiger partial charge in [-0.1, -0.05) is 13.3 Å². The smallest absolute Gasteiger partial charge is 0.338 e. The maximum absolute atomic E-state index is 13.3. The Hall–Kier alpha value is -1.47. The first-order chi connectivity index (χ1) is 9.09. The van der Waals surface area contributed by atoms with Crippen LogP contribution in [0.25, 0.3) is 0 Å². The first kappa shape index (κ1) is 16.6. The lowest BCUT2D eigenvalue weighted by Gasteiger charge is -2.25. The Morgan fingerprint density at radius 1 is 1.40 bits per heavy atom. The standard InChI is InChI=1S/C13H18FNO4S/c1-4-7-13(2,3)15-20(18,19)9-5-6-11(14)10(8-9)12(16)17/h5-6,8,15H,4,7H2,1-3H3,(H,16,17). The van der Waals surface area contributed by atoms with Gasteiger partial charge in [-0.15, -0.1) is 0 Å². The summed E-state index contributed by atoms with van der Waals surface area (Å²) in [7, 11) is -3.89. The zero-order valence-corrected chi connectivity index (χ0v) is 12.4. The van der Waals surface area contributed by atoms with Crippen molar-refractivity contribution < 1.29 is 22.7 Å². The van der Waals surface area contributed by atoms with Gasteiger partial charge in [0.15, 0.2) is 0 Å². The van der Waals surface area contributed by atoms with Crippen molar-refractivity contribution >= 4 is 16.0 Å². The highest BCUT2D eigenvalue weighted by molar-refractivity contribution is 7.89. The minimum Gasteiger partial charge on any atom is -0.478 e. The van der Waals surface area contributed by atoms with E-state index < -0.39 is 32.9 Å². The highest BCUT2D eigenvalue weighted by Crippen LogP contribution is 2.19. The van der Waals surface area contributed by atoms with Gasteiger partial charge in [-0.3, -0.25) is 0 Å². The van der Waals surface area contributed by atoms with E-state index in [0.29, 0.717) is 6.42 Å². The molecule has 112 valence electrons. The van der Waals surface area contributed by atoms with Crippen molar-refractivity contribution in [3.05, 3.63) is 29.6 Å². The fourth-order valence-corrected chi connectivity index (χ4v) is 3.40. The molecule has 1 aromatic carbocycles. The Balaban J connectivity index is 3.17. The molecule has 0 aliphatic rings. The molecule has 7 heteroatoms. The van der Waals surface area contributed by atoms with E-state index in [1.807, 2.05) is 6.92 Å². The van der Waals surface area contributed by atoms with Gasteiger partial charge in [-0.05, 0) is 38.5 Å². The number of carboxylic acids is 1. The average Bonchev–Trinajstić information content (AvgIpc) is 2.26. The van der Waals surface area contributed by atoms with Gasteiger partial charge in [0.2, 0.25) is 10.0 Å². The summed E-state index contributed by atoms with van der Waals surface area (Å²) in [5, 5.41) is 8.82. The molecular formula is C13H18FNO4S. The molecule has 1 aromatic rings. The van der Waals surface area contributed by atoms with E-state index in [1.54, 1.807) is 13.8 Å². The van der Waals surface area contributed by atoms with Gasteiger partial charge in [0.25, 0.3) is 0 Å². The van der Waals surface area contributed by atoms with Gasteiger partial charge < -0.3 is 5.11 Å². The van der Waals surface area contributed by atoms with Gasteiger partial charge >= 0.3 is 5.97 Å². The monoisotopic (exact) mass is 303 g/mol. The summed E-state index contributed by atoms with van der Waals surface area (Å²) < 4.78 is 40.1. The fourth-order valence-electron chi connectivity index (χ4n) is 1.93. The molecule has 5 nitrogen and oxygen atoms in total. The van der Waals surface area contributed by atoms with E-state index in [4.69, 9.17) is 5.11 Å². The lowest BCUT2D eigenvalue weighted by Crippen LogP contribution is -2.43. The van der Waals surface area contributed by atoms with E-state index in [-0.39, 0.29) is 4.90 Å². The van der Waals surface area contributed by atoms with Crippen LogP contribution in [0.1, 0.15) is 44.0 Å². The van der Waals surface area contributed by atoms with Gasteiger partial charge in [0.1, 0.15) is 5.82 Å². The Morgan fingerprint density at radius 3 is 2.50 bits per heavy atom. The zero-order valence-electron chi connectivity index (χ0n) is 11.6. The molecule has 0 heterocycles. The number of benzene rings is 1. The number of aromatic carboxylic acids is 1. The van der Waals surface area contributed by atoms with Gasteiger partial charge in [0.05, 0.1) is 10.5 Å². The number of hydrogen-bond donors (Lipinski definition) is 2. The molecule has 0 fully saturated rings. The molecule has 0 bridgehead atoms. The average molecular weight is 303 g/mol. The number of nitrogens with one attached hydrogen (secondary N) is 1. The third-order valence-corrected chi connectivity index (χ3v) is 4.46. The number of halogens is 1. The Bertz CT molecular complexity index is 611. The summed E-state index contributed by atoms with van der Waals surface area (Å²) in [5.41, 5.74) is -1.33. The Kier molecular flexibility index (Phi) is 4.88. The van der Waals surface area contributed by atoms with E-state index >= 15 is 0 Å². The summed E-state index contributed by atoms with van der Waals surface area (Å²) >= 11 is 0. The van der Waals surface area contributed by atoms with Crippen LogP contribution in [0.4, 0.5) is 4.39 Å². The number of carbonyl (C=O) groups is 1. The second kappa shape index (κ2) is 5.88. The van der Waals surface area contributed by atoms with Crippen LogP contribution in [-0.4, -0.2) is 25.0 Å². The van der Waals surface area contributed by atoms with Gasteiger partial charge in [-0.25, -0.2) is 22.3 Å². The molecule has 0 amide bonds. The molecule has 0 aliphatic carbocycles. The molecule has 0 radical (unpaired) electrons. The molecule has 0 aromatic heterocycles. The number of hydrogen-bond acceptors (Lipinski definition) is 3. The summed E-state index contributed by atoms with van der Waals surface area (Å²) in [6.07, 6.45) is 1.42. The molecule has 0 aliphatic heterocycles. The summed E-state index contributed by atoms with van der Waals surface area (Å²) in [6.45, 7) is 5.39. The second-order valence-corrected chi connectivity index (χ2v) is 6.87. The maximum atomic E-state index is 13.3. The van der Waals surface area contributed by atoms with Crippen LogP contribution in [0, 0.1) is 5.82 Å². The van der Waals surface area contributed by atoms with Crippen molar-refractivity contribution in [1.82, 2.24) is 4.72 Å². The first-order valence-electron chi connectivity index (χ1n) is 6.16.